The molecule has 0 aliphatic rings. The molecular weight excluding hydrogens is 200 g/mol. The molecule has 3 heteroatoms. The molecule has 0 amide bonds. The quantitative estimate of drug-likeness (QED) is 0.719. The Morgan fingerprint density at radius 1 is 1.25 bits per heavy atom. The molecule has 1 aromatic carbocycles. The molecule has 0 bridgehead atoms. The maximum Gasteiger partial charge on any atom is 0.159 e. The number of aromatic nitrogens is 2. The molecule has 80 valence electrons. The third-order valence-electron chi connectivity index (χ3n) is 2.32. The van der Waals surface area contributed by atoms with Gasteiger partial charge >= 0.3 is 0 Å². The molecule has 0 saturated carbocycles. The van der Waals surface area contributed by atoms with Crippen LogP contribution in [0.25, 0.3) is 11.4 Å². The maximum atomic E-state index is 11.3. The summed E-state index contributed by atoms with van der Waals surface area (Å²) in [5.41, 5.74) is 2.47. The van der Waals surface area contributed by atoms with Crippen molar-refractivity contribution in [3.8, 4) is 11.4 Å². The lowest BCUT2D eigenvalue weighted by atomic mass is 10.1. The normalized spacial score (nSPS) is 10.1. The number of rotatable bonds is 2. The lowest BCUT2D eigenvalue weighted by Gasteiger charge is -2.02. The van der Waals surface area contributed by atoms with Gasteiger partial charge in [-0.1, -0.05) is 18.2 Å². The fraction of sp³-hybridized carbons (Fsp3) is 0.154. The van der Waals surface area contributed by atoms with Crippen LogP contribution < -0.4 is 0 Å². The molecule has 0 radical (unpaired) electrons. The Kier molecular flexibility index (Phi) is 2.77. The minimum absolute atomic E-state index is 0.0505. The van der Waals surface area contributed by atoms with E-state index < -0.39 is 0 Å². The molecule has 2 rings (SSSR count). The average molecular weight is 212 g/mol. The summed E-state index contributed by atoms with van der Waals surface area (Å²) in [4.78, 5) is 19.8. The van der Waals surface area contributed by atoms with Gasteiger partial charge in [-0.3, -0.25) is 4.79 Å². The number of Topliss-reactive ketones (excluding diaryl/α,β-unsaturated/α-hetero) is 1. The van der Waals surface area contributed by atoms with Crippen molar-refractivity contribution in [1.29, 1.82) is 0 Å². The van der Waals surface area contributed by atoms with E-state index in [4.69, 9.17) is 0 Å². The van der Waals surface area contributed by atoms with Crippen LogP contribution in [-0.2, 0) is 0 Å². The molecule has 0 saturated heterocycles. The van der Waals surface area contributed by atoms with E-state index in [1.54, 1.807) is 19.2 Å². The summed E-state index contributed by atoms with van der Waals surface area (Å²) < 4.78 is 0. The van der Waals surface area contributed by atoms with Crippen molar-refractivity contribution in [3.63, 3.8) is 0 Å². The van der Waals surface area contributed by atoms with Crippen LogP contribution in [0.2, 0.25) is 0 Å². The topological polar surface area (TPSA) is 42.9 Å². The fourth-order valence-electron chi connectivity index (χ4n) is 1.47. The van der Waals surface area contributed by atoms with E-state index in [-0.39, 0.29) is 5.78 Å². The van der Waals surface area contributed by atoms with Gasteiger partial charge in [0.05, 0.1) is 0 Å². The maximum absolute atomic E-state index is 11.3. The summed E-state index contributed by atoms with van der Waals surface area (Å²) >= 11 is 0. The summed E-state index contributed by atoms with van der Waals surface area (Å²) in [6, 6.07) is 9.20. The summed E-state index contributed by atoms with van der Waals surface area (Å²) in [7, 11) is 0. The van der Waals surface area contributed by atoms with Crippen molar-refractivity contribution in [2.24, 2.45) is 0 Å². The zero-order valence-electron chi connectivity index (χ0n) is 9.27. The number of carbonyl (C=O) groups is 1. The molecule has 0 aliphatic carbocycles. The molecular formula is C13H12N2O. The van der Waals surface area contributed by atoms with E-state index in [1.165, 1.54) is 0 Å². The van der Waals surface area contributed by atoms with Crippen LogP contribution in [0.15, 0.2) is 36.5 Å². The first-order valence-electron chi connectivity index (χ1n) is 5.08. The van der Waals surface area contributed by atoms with Gasteiger partial charge in [0.15, 0.2) is 11.6 Å². The largest absolute Gasteiger partial charge is 0.295 e. The van der Waals surface area contributed by atoms with Gasteiger partial charge in [0.25, 0.3) is 0 Å². The van der Waals surface area contributed by atoms with Gasteiger partial charge < -0.3 is 0 Å². The number of hydrogen-bond acceptors (Lipinski definition) is 3. The van der Waals surface area contributed by atoms with E-state index >= 15 is 0 Å². The van der Waals surface area contributed by atoms with Crippen LogP contribution in [0.4, 0.5) is 0 Å². The second-order valence-electron chi connectivity index (χ2n) is 3.66. The molecule has 1 aromatic heterocycles. The molecule has 0 spiro atoms. The Balaban J connectivity index is 2.48. The van der Waals surface area contributed by atoms with Gasteiger partial charge in [0.1, 0.15) is 0 Å². The number of ketones is 1. The van der Waals surface area contributed by atoms with Crippen molar-refractivity contribution in [3.05, 3.63) is 47.8 Å². The number of aryl methyl sites for hydroxylation is 1. The predicted molar refractivity (Wildman–Crippen MR) is 62.2 cm³/mol. The van der Waals surface area contributed by atoms with Gasteiger partial charge in [0, 0.05) is 23.0 Å². The minimum atomic E-state index is 0.0505. The Morgan fingerprint density at radius 2 is 2.06 bits per heavy atom. The molecule has 2 aromatic rings. The van der Waals surface area contributed by atoms with Crippen LogP contribution in [0.1, 0.15) is 23.0 Å². The Bertz CT molecular complexity index is 535. The van der Waals surface area contributed by atoms with Crippen LogP contribution in [-0.4, -0.2) is 15.8 Å². The summed E-state index contributed by atoms with van der Waals surface area (Å²) in [6.45, 7) is 3.47. The molecule has 0 fully saturated rings. The van der Waals surface area contributed by atoms with E-state index in [2.05, 4.69) is 9.97 Å². The number of nitrogens with zero attached hydrogens (tertiary/aromatic N) is 2. The highest BCUT2D eigenvalue weighted by molar-refractivity contribution is 5.95. The molecule has 0 atom stereocenters. The third kappa shape index (κ3) is 2.14. The number of hydrogen-bond donors (Lipinski definition) is 0. The molecule has 0 N–H and O–H groups in total. The van der Waals surface area contributed by atoms with Crippen LogP contribution in [0.3, 0.4) is 0 Å². The lowest BCUT2D eigenvalue weighted by Crippen LogP contribution is -1.94. The van der Waals surface area contributed by atoms with Gasteiger partial charge in [-0.2, -0.15) is 0 Å². The SMILES string of the molecule is CC(=O)c1cccc(-c2nccc(C)n2)c1. The van der Waals surface area contributed by atoms with Gasteiger partial charge in [0.2, 0.25) is 0 Å². The van der Waals surface area contributed by atoms with Crippen LogP contribution in [0, 0.1) is 6.92 Å². The van der Waals surface area contributed by atoms with Gasteiger partial charge in [-0.05, 0) is 26.0 Å². The van der Waals surface area contributed by atoms with Crippen molar-refractivity contribution < 1.29 is 4.79 Å². The summed E-state index contributed by atoms with van der Waals surface area (Å²) in [5, 5.41) is 0. The Hall–Kier alpha value is -2.03. The molecule has 0 unspecified atom stereocenters. The Labute approximate surface area is 94.2 Å². The minimum Gasteiger partial charge on any atom is -0.295 e. The highest BCUT2D eigenvalue weighted by atomic mass is 16.1. The highest BCUT2D eigenvalue weighted by Crippen LogP contribution is 2.16. The van der Waals surface area contributed by atoms with E-state index in [0.717, 1.165) is 11.3 Å². The second kappa shape index (κ2) is 4.23. The van der Waals surface area contributed by atoms with Gasteiger partial charge in [-0.15, -0.1) is 0 Å². The molecule has 1 heterocycles. The van der Waals surface area contributed by atoms with E-state index in [1.807, 2.05) is 31.2 Å². The van der Waals surface area contributed by atoms with Crippen molar-refractivity contribution in [2.45, 2.75) is 13.8 Å². The highest BCUT2D eigenvalue weighted by Gasteiger charge is 2.04. The fourth-order valence-corrected chi connectivity index (χ4v) is 1.47. The van der Waals surface area contributed by atoms with Gasteiger partial charge in [-0.25, -0.2) is 9.97 Å². The van der Waals surface area contributed by atoms with Crippen LogP contribution >= 0.6 is 0 Å². The zero-order valence-corrected chi connectivity index (χ0v) is 9.27. The molecule has 0 aliphatic heterocycles. The average Bonchev–Trinajstić information content (AvgIpc) is 2.29. The molecule has 3 nitrogen and oxygen atoms in total. The summed E-state index contributed by atoms with van der Waals surface area (Å²) in [6.07, 6.45) is 1.72. The number of carbonyl (C=O) groups excluding carboxylic acids is 1. The molecule has 16 heavy (non-hydrogen) atoms. The third-order valence-corrected chi connectivity index (χ3v) is 2.32. The Morgan fingerprint density at radius 3 is 2.75 bits per heavy atom. The standard InChI is InChI=1S/C13H12N2O/c1-9-6-7-14-13(15-9)12-5-3-4-11(8-12)10(2)16/h3-8H,1-2H3. The van der Waals surface area contributed by atoms with E-state index in [9.17, 15) is 4.79 Å². The first-order valence-corrected chi connectivity index (χ1v) is 5.08. The smallest absolute Gasteiger partial charge is 0.159 e. The first-order chi connectivity index (χ1) is 7.66. The summed E-state index contributed by atoms with van der Waals surface area (Å²) in [5.74, 6) is 0.706. The van der Waals surface area contributed by atoms with E-state index in [0.29, 0.717) is 11.4 Å². The van der Waals surface area contributed by atoms with Crippen molar-refractivity contribution >= 4 is 5.78 Å². The predicted octanol–water partition coefficient (Wildman–Crippen LogP) is 2.65. The monoisotopic (exact) mass is 212 g/mol. The van der Waals surface area contributed by atoms with Crippen molar-refractivity contribution in [1.82, 2.24) is 9.97 Å². The lowest BCUT2D eigenvalue weighted by molar-refractivity contribution is 0.101. The second-order valence-corrected chi connectivity index (χ2v) is 3.66. The first kappa shape index (κ1) is 10.5. The van der Waals surface area contributed by atoms with Crippen LogP contribution in [0.5, 0.6) is 0 Å². The van der Waals surface area contributed by atoms with Crippen molar-refractivity contribution in [2.75, 3.05) is 0 Å². The number of benzene rings is 1. The zero-order chi connectivity index (χ0) is 11.5.